The normalized spacial score (nSPS) is 10.4. The van der Waals surface area contributed by atoms with Crippen LogP contribution < -0.4 is 0 Å². The molecule has 3 heteroatoms. The zero-order chi connectivity index (χ0) is 11.5. The van der Waals surface area contributed by atoms with E-state index in [9.17, 15) is 4.79 Å². The van der Waals surface area contributed by atoms with Crippen LogP contribution in [-0.4, -0.2) is 5.78 Å². The van der Waals surface area contributed by atoms with Gasteiger partial charge in [-0.05, 0) is 30.3 Å². The molecule has 0 fully saturated rings. The number of hydrogen-bond donors (Lipinski definition) is 0. The van der Waals surface area contributed by atoms with E-state index in [-0.39, 0.29) is 5.78 Å². The Morgan fingerprint density at radius 2 is 1.94 bits per heavy atom. The molecule has 0 aliphatic carbocycles. The minimum Gasteiger partial charge on any atom is -0.469 e. The second kappa shape index (κ2) is 4.54. The van der Waals surface area contributed by atoms with Crippen molar-refractivity contribution in [1.29, 1.82) is 0 Å². The van der Waals surface area contributed by atoms with Gasteiger partial charge in [-0.1, -0.05) is 18.5 Å². The van der Waals surface area contributed by atoms with Crippen molar-refractivity contribution in [2.24, 2.45) is 0 Å². The molecule has 82 valence electrons. The van der Waals surface area contributed by atoms with Crippen molar-refractivity contribution >= 4 is 17.4 Å². The third kappa shape index (κ3) is 2.02. The molecule has 1 heterocycles. The first-order valence-corrected chi connectivity index (χ1v) is 5.46. The van der Waals surface area contributed by atoms with Crippen LogP contribution in [0.4, 0.5) is 0 Å². The van der Waals surface area contributed by atoms with E-state index in [4.69, 9.17) is 16.0 Å². The predicted octanol–water partition coefficient (Wildman–Crippen LogP) is 3.73. The molecular weight excluding hydrogens is 224 g/mol. The number of furan rings is 1. The van der Waals surface area contributed by atoms with Gasteiger partial charge in [-0.3, -0.25) is 4.79 Å². The minimum atomic E-state index is -0.0257. The van der Waals surface area contributed by atoms with Crippen molar-refractivity contribution in [2.45, 2.75) is 13.3 Å². The van der Waals surface area contributed by atoms with Crippen LogP contribution in [-0.2, 0) is 6.42 Å². The second-order valence-electron chi connectivity index (χ2n) is 3.45. The Morgan fingerprint density at radius 3 is 2.56 bits per heavy atom. The van der Waals surface area contributed by atoms with Gasteiger partial charge in [-0.2, -0.15) is 0 Å². The molecule has 0 saturated carbocycles. The average molecular weight is 235 g/mol. The highest BCUT2D eigenvalue weighted by molar-refractivity contribution is 6.30. The van der Waals surface area contributed by atoms with Crippen molar-refractivity contribution in [3.05, 3.63) is 58.5 Å². The van der Waals surface area contributed by atoms with E-state index in [1.807, 2.05) is 6.92 Å². The maximum absolute atomic E-state index is 12.1. The molecule has 0 atom stereocenters. The summed E-state index contributed by atoms with van der Waals surface area (Å²) in [6.07, 6.45) is 2.25. The van der Waals surface area contributed by atoms with Crippen LogP contribution in [0, 0.1) is 0 Å². The van der Waals surface area contributed by atoms with Gasteiger partial charge < -0.3 is 4.42 Å². The molecule has 0 radical (unpaired) electrons. The van der Waals surface area contributed by atoms with Crippen molar-refractivity contribution in [2.75, 3.05) is 0 Å². The SMILES string of the molecule is CCc1occc1C(=O)c1ccc(Cl)cc1. The van der Waals surface area contributed by atoms with Crippen LogP contribution in [0.1, 0.15) is 28.6 Å². The van der Waals surface area contributed by atoms with E-state index in [0.717, 1.165) is 5.76 Å². The number of aryl methyl sites for hydroxylation is 1. The Kier molecular flexibility index (Phi) is 3.11. The molecule has 0 bridgehead atoms. The lowest BCUT2D eigenvalue weighted by molar-refractivity contribution is 0.103. The molecular formula is C13H11ClO2. The van der Waals surface area contributed by atoms with Crippen molar-refractivity contribution in [3.8, 4) is 0 Å². The number of carbonyl (C=O) groups is 1. The molecule has 0 unspecified atom stereocenters. The molecule has 2 aromatic rings. The van der Waals surface area contributed by atoms with Gasteiger partial charge in [0.1, 0.15) is 5.76 Å². The van der Waals surface area contributed by atoms with E-state index in [0.29, 0.717) is 22.6 Å². The monoisotopic (exact) mass is 234 g/mol. The Bertz CT molecular complexity index is 497. The summed E-state index contributed by atoms with van der Waals surface area (Å²) in [5.74, 6) is 0.696. The van der Waals surface area contributed by atoms with E-state index < -0.39 is 0 Å². The molecule has 0 amide bonds. The number of hydrogen-bond acceptors (Lipinski definition) is 2. The van der Waals surface area contributed by atoms with Gasteiger partial charge in [0, 0.05) is 17.0 Å². The molecule has 2 nitrogen and oxygen atoms in total. The topological polar surface area (TPSA) is 30.2 Å². The summed E-state index contributed by atoms with van der Waals surface area (Å²) in [4.78, 5) is 12.1. The van der Waals surface area contributed by atoms with Gasteiger partial charge in [0.25, 0.3) is 0 Å². The molecule has 1 aromatic heterocycles. The molecule has 0 aliphatic rings. The minimum absolute atomic E-state index is 0.0257. The van der Waals surface area contributed by atoms with Crippen LogP contribution in [0.2, 0.25) is 5.02 Å². The summed E-state index contributed by atoms with van der Waals surface area (Å²) in [6, 6.07) is 8.56. The van der Waals surface area contributed by atoms with Gasteiger partial charge in [-0.25, -0.2) is 0 Å². The van der Waals surface area contributed by atoms with Gasteiger partial charge >= 0.3 is 0 Å². The Balaban J connectivity index is 2.35. The fraction of sp³-hybridized carbons (Fsp3) is 0.154. The standard InChI is InChI=1S/C13H11ClO2/c1-2-12-11(7-8-16-12)13(15)9-3-5-10(14)6-4-9/h3-8H,2H2,1H3. The first-order valence-electron chi connectivity index (χ1n) is 5.09. The van der Waals surface area contributed by atoms with E-state index in [1.165, 1.54) is 0 Å². The highest BCUT2D eigenvalue weighted by Crippen LogP contribution is 2.18. The summed E-state index contributed by atoms with van der Waals surface area (Å²) in [7, 11) is 0. The zero-order valence-corrected chi connectivity index (χ0v) is 9.62. The van der Waals surface area contributed by atoms with E-state index in [2.05, 4.69) is 0 Å². The van der Waals surface area contributed by atoms with Crippen molar-refractivity contribution < 1.29 is 9.21 Å². The average Bonchev–Trinajstić information content (AvgIpc) is 2.77. The molecule has 1 aromatic carbocycles. The Labute approximate surface area is 98.8 Å². The smallest absolute Gasteiger partial charge is 0.196 e. The third-order valence-corrected chi connectivity index (χ3v) is 2.67. The second-order valence-corrected chi connectivity index (χ2v) is 3.88. The molecule has 0 aliphatic heterocycles. The van der Waals surface area contributed by atoms with Crippen molar-refractivity contribution in [1.82, 2.24) is 0 Å². The maximum Gasteiger partial charge on any atom is 0.196 e. The molecule has 16 heavy (non-hydrogen) atoms. The summed E-state index contributed by atoms with van der Waals surface area (Å²) >= 11 is 5.77. The maximum atomic E-state index is 12.1. The lowest BCUT2D eigenvalue weighted by atomic mass is 10.0. The lowest BCUT2D eigenvalue weighted by Gasteiger charge is -2.00. The van der Waals surface area contributed by atoms with Crippen LogP contribution in [0.15, 0.2) is 41.0 Å². The van der Waals surface area contributed by atoms with Crippen LogP contribution >= 0.6 is 11.6 Å². The fourth-order valence-corrected chi connectivity index (χ4v) is 1.70. The van der Waals surface area contributed by atoms with Gasteiger partial charge in [-0.15, -0.1) is 0 Å². The number of halogens is 1. The predicted molar refractivity (Wildman–Crippen MR) is 63.0 cm³/mol. The summed E-state index contributed by atoms with van der Waals surface area (Å²) in [6.45, 7) is 1.96. The number of carbonyl (C=O) groups excluding carboxylic acids is 1. The highest BCUT2D eigenvalue weighted by atomic mass is 35.5. The third-order valence-electron chi connectivity index (χ3n) is 2.42. The van der Waals surface area contributed by atoms with Crippen LogP contribution in [0.25, 0.3) is 0 Å². The van der Waals surface area contributed by atoms with Crippen LogP contribution in [0.3, 0.4) is 0 Å². The van der Waals surface area contributed by atoms with Gasteiger partial charge in [0.2, 0.25) is 0 Å². The van der Waals surface area contributed by atoms with Crippen molar-refractivity contribution in [3.63, 3.8) is 0 Å². The first-order chi connectivity index (χ1) is 7.72. The fourth-order valence-electron chi connectivity index (χ4n) is 1.57. The van der Waals surface area contributed by atoms with E-state index >= 15 is 0 Å². The summed E-state index contributed by atoms with van der Waals surface area (Å²) in [5.41, 5.74) is 1.25. The molecule has 0 spiro atoms. The highest BCUT2D eigenvalue weighted by Gasteiger charge is 2.14. The lowest BCUT2D eigenvalue weighted by Crippen LogP contribution is -2.02. The zero-order valence-electron chi connectivity index (χ0n) is 8.87. The largest absolute Gasteiger partial charge is 0.469 e. The number of rotatable bonds is 3. The quantitative estimate of drug-likeness (QED) is 0.758. The van der Waals surface area contributed by atoms with E-state index in [1.54, 1.807) is 36.6 Å². The Morgan fingerprint density at radius 1 is 1.25 bits per heavy atom. The Hall–Kier alpha value is -1.54. The molecule has 2 rings (SSSR count). The van der Waals surface area contributed by atoms with Crippen LogP contribution in [0.5, 0.6) is 0 Å². The number of ketones is 1. The van der Waals surface area contributed by atoms with Gasteiger partial charge in [0.05, 0.1) is 11.8 Å². The number of benzene rings is 1. The molecule has 0 N–H and O–H groups in total. The summed E-state index contributed by atoms with van der Waals surface area (Å²) in [5, 5.41) is 0.624. The summed E-state index contributed by atoms with van der Waals surface area (Å²) < 4.78 is 5.23. The first kappa shape index (κ1) is 11.0. The van der Waals surface area contributed by atoms with Gasteiger partial charge in [0.15, 0.2) is 5.78 Å². The molecule has 0 saturated heterocycles.